The van der Waals surface area contributed by atoms with Gasteiger partial charge >= 0.3 is 0 Å². The summed E-state index contributed by atoms with van der Waals surface area (Å²) in [5.74, 6) is 0.984. The minimum absolute atomic E-state index is 0.266. The molecule has 0 aliphatic carbocycles. The lowest BCUT2D eigenvalue weighted by molar-refractivity contribution is 0.236. The second kappa shape index (κ2) is 7.79. The minimum atomic E-state index is 0.266. The molecule has 3 nitrogen and oxygen atoms in total. The lowest BCUT2D eigenvalue weighted by atomic mass is 9.77. The number of nitrogens with one attached hydrogen (secondary N) is 1. The zero-order chi connectivity index (χ0) is 16.0. The molecular weight excluding hydrogens is 260 g/mol. The first-order valence-electron chi connectivity index (χ1n) is 8.11. The highest BCUT2D eigenvalue weighted by molar-refractivity contribution is 5.41. The summed E-state index contributed by atoms with van der Waals surface area (Å²) < 4.78 is 5.54. The molecule has 0 amide bonds. The number of nitrogens with zero attached hydrogens (tertiary/aromatic N) is 1. The molecule has 0 bridgehead atoms. The molecule has 1 aromatic rings. The molecular formula is C18H32N2O. The van der Waals surface area contributed by atoms with Crippen molar-refractivity contribution in [3.63, 3.8) is 0 Å². The lowest BCUT2D eigenvalue weighted by Gasteiger charge is -2.33. The van der Waals surface area contributed by atoms with Crippen molar-refractivity contribution in [3.05, 3.63) is 23.0 Å². The number of hydrogen-bond acceptors (Lipinski definition) is 3. The van der Waals surface area contributed by atoms with Crippen LogP contribution in [0, 0.1) is 19.3 Å². The molecule has 0 unspecified atom stereocenters. The van der Waals surface area contributed by atoms with Gasteiger partial charge in [0.05, 0.1) is 7.11 Å². The van der Waals surface area contributed by atoms with E-state index in [1.54, 1.807) is 7.11 Å². The molecule has 0 aliphatic rings. The minimum Gasteiger partial charge on any atom is -0.496 e. The van der Waals surface area contributed by atoms with Crippen LogP contribution in [-0.4, -0.2) is 24.7 Å². The van der Waals surface area contributed by atoms with Gasteiger partial charge < -0.3 is 10.1 Å². The van der Waals surface area contributed by atoms with Crippen LogP contribution in [0.4, 0.5) is 0 Å². The van der Waals surface area contributed by atoms with E-state index in [0.717, 1.165) is 37.1 Å². The van der Waals surface area contributed by atoms with Crippen LogP contribution in [0.2, 0.25) is 0 Å². The van der Waals surface area contributed by atoms with Gasteiger partial charge in [0.1, 0.15) is 5.75 Å². The van der Waals surface area contributed by atoms with E-state index in [0.29, 0.717) is 6.04 Å². The molecule has 1 N–H and O–H groups in total. The molecule has 0 aliphatic heterocycles. The quantitative estimate of drug-likeness (QED) is 0.784. The van der Waals surface area contributed by atoms with Gasteiger partial charge in [0, 0.05) is 35.6 Å². The monoisotopic (exact) mass is 292 g/mol. The van der Waals surface area contributed by atoms with Gasteiger partial charge in [-0.15, -0.1) is 0 Å². The Bertz CT molecular complexity index is 451. The zero-order valence-electron chi connectivity index (χ0n) is 14.8. The number of methoxy groups -OCH3 is 1. The van der Waals surface area contributed by atoms with Gasteiger partial charge in [-0.25, -0.2) is 0 Å². The van der Waals surface area contributed by atoms with Crippen molar-refractivity contribution in [1.29, 1.82) is 0 Å². The molecule has 0 radical (unpaired) electrons. The highest BCUT2D eigenvalue weighted by atomic mass is 16.5. The van der Waals surface area contributed by atoms with Gasteiger partial charge in [-0.2, -0.15) is 0 Å². The molecule has 120 valence electrons. The van der Waals surface area contributed by atoms with Crippen LogP contribution >= 0.6 is 0 Å². The summed E-state index contributed by atoms with van der Waals surface area (Å²) >= 11 is 0. The molecule has 0 saturated heterocycles. The van der Waals surface area contributed by atoms with Crippen LogP contribution < -0.4 is 10.1 Å². The first-order valence-corrected chi connectivity index (χ1v) is 8.11. The zero-order valence-corrected chi connectivity index (χ0v) is 14.8. The largest absolute Gasteiger partial charge is 0.496 e. The van der Waals surface area contributed by atoms with Crippen molar-refractivity contribution in [1.82, 2.24) is 10.3 Å². The average molecular weight is 292 g/mol. The maximum absolute atomic E-state index is 5.54. The summed E-state index contributed by atoms with van der Waals surface area (Å²) in [5, 5.41) is 3.61. The number of aryl methyl sites for hydroxylation is 1. The highest BCUT2D eigenvalue weighted by Gasteiger charge is 2.28. The van der Waals surface area contributed by atoms with E-state index < -0.39 is 0 Å². The van der Waals surface area contributed by atoms with E-state index >= 15 is 0 Å². The van der Waals surface area contributed by atoms with Gasteiger partial charge in [-0.05, 0) is 38.5 Å². The van der Waals surface area contributed by atoms with E-state index in [1.807, 2.05) is 6.20 Å². The summed E-state index contributed by atoms with van der Waals surface area (Å²) in [5.41, 5.74) is 3.74. The normalized spacial score (nSPS) is 12.0. The fourth-order valence-corrected chi connectivity index (χ4v) is 2.84. The summed E-state index contributed by atoms with van der Waals surface area (Å²) in [7, 11) is 1.74. The summed E-state index contributed by atoms with van der Waals surface area (Å²) in [6.07, 6.45) is 5.25. The third kappa shape index (κ3) is 4.44. The van der Waals surface area contributed by atoms with Gasteiger partial charge in [0.25, 0.3) is 0 Å². The summed E-state index contributed by atoms with van der Waals surface area (Å²) in [4.78, 5) is 4.69. The van der Waals surface area contributed by atoms with Gasteiger partial charge in [0.15, 0.2) is 0 Å². The van der Waals surface area contributed by atoms with Crippen molar-refractivity contribution in [2.45, 2.75) is 66.8 Å². The first-order chi connectivity index (χ1) is 9.89. The van der Waals surface area contributed by atoms with E-state index in [1.165, 1.54) is 11.3 Å². The molecule has 1 aromatic heterocycles. The van der Waals surface area contributed by atoms with E-state index in [2.05, 4.69) is 51.8 Å². The molecule has 0 atom stereocenters. The van der Waals surface area contributed by atoms with Crippen molar-refractivity contribution in [2.75, 3.05) is 13.7 Å². The molecule has 0 spiro atoms. The Balaban J connectivity index is 3.04. The van der Waals surface area contributed by atoms with Crippen LogP contribution in [0.15, 0.2) is 6.20 Å². The molecule has 1 rings (SSSR count). The fraction of sp³-hybridized carbons (Fsp3) is 0.722. The Morgan fingerprint density at radius 3 is 2.33 bits per heavy atom. The maximum atomic E-state index is 5.54. The van der Waals surface area contributed by atoms with Crippen LogP contribution in [0.25, 0.3) is 0 Å². The predicted octanol–water partition coefficient (Wildman–Crippen LogP) is 4.05. The molecule has 3 heteroatoms. The molecule has 0 fully saturated rings. The fourth-order valence-electron chi connectivity index (χ4n) is 2.84. The highest BCUT2D eigenvalue weighted by Crippen LogP contribution is 2.33. The van der Waals surface area contributed by atoms with E-state index in [4.69, 9.17) is 4.74 Å². The predicted molar refractivity (Wildman–Crippen MR) is 90.1 cm³/mol. The number of ether oxygens (including phenoxy) is 1. The van der Waals surface area contributed by atoms with Crippen molar-refractivity contribution in [3.8, 4) is 5.75 Å². The lowest BCUT2D eigenvalue weighted by Crippen LogP contribution is -2.38. The molecule has 1 heterocycles. The van der Waals surface area contributed by atoms with Crippen LogP contribution in [0.1, 0.15) is 57.4 Å². The van der Waals surface area contributed by atoms with Gasteiger partial charge in [-0.1, -0.05) is 27.7 Å². The second-order valence-corrected chi connectivity index (χ2v) is 6.47. The molecule has 0 saturated carbocycles. The first kappa shape index (κ1) is 18.0. The SMILES string of the molecule is CCC(CC)(CNC(C)C)Cc1ncc(C)c(OC)c1C. The van der Waals surface area contributed by atoms with Crippen molar-refractivity contribution < 1.29 is 4.74 Å². The standard InChI is InChI=1S/C18H32N2O/c1-8-18(9-2,12-20-13(3)4)10-16-15(6)17(21-7)14(5)11-19-16/h11,13,20H,8-10,12H2,1-7H3. The molecule has 0 aromatic carbocycles. The number of hydrogen-bond donors (Lipinski definition) is 1. The van der Waals surface area contributed by atoms with Gasteiger partial charge in [0.2, 0.25) is 0 Å². The van der Waals surface area contributed by atoms with E-state index in [9.17, 15) is 0 Å². The molecule has 21 heavy (non-hydrogen) atoms. The van der Waals surface area contributed by atoms with E-state index in [-0.39, 0.29) is 5.41 Å². The third-order valence-corrected chi connectivity index (χ3v) is 4.68. The Hall–Kier alpha value is -1.09. The van der Waals surface area contributed by atoms with Gasteiger partial charge in [-0.3, -0.25) is 4.98 Å². The Labute approximate surface area is 130 Å². The summed E-state index contributed by atoms with van der Waals surface area (Å²) in [6, 6.07) is 0.518. The Morgan fingerprint density at radius 2 is 1.86 bits per heavy atom. The van der Waals surface area contributed by atoms with Crippen molar-refractivity contribution >= 4 is 0 Å². The number of pyridine rings is 1. The second-order valence-electron chi connectivity index (χ2n) is 6.47. The smallest absolute Gasteiger partial charge is 0.128 e. The van der Waals surface area contributed by atoms with Crippen molar-refractivity contribution in [2.24, 2.45) is 5.41 Å². The van der Waals surface area contributed by atoms with Crippen LogP contribution in [0.3, 0.4) is 0 Å². The Kier molecular flexibility index (Phi) is 6.66. The average Bonchev–Trinajstić information content (AvgIpc) is 2.46. The maximum Gasteiger partial charge on any atom is 0.128 e. The number of aromatic nitrogens is 1. The number of rotatable bonds is 8. The van der Waals surface area contributed by atoms with Crippen LogP contribution in [0.5, 0.6) is 5.75 Å². The third-order valence-electron chi connectivity index (χ3n) is 4.68. The Morgan fingerprint density at radius 1 is 1.24 bits per heavy atom. The topological polar surface area (TPSA) is 34.2 Å². The van der Waals surface area contributed by atoms with Crippen LogP contribution in [-0.2, 0) is 6.42 Å². The summed E-state index contributed by atoms with van der Waals surface area (Å²) in [6.45, 7) is 14.2.